The predicted molar refractivity (Wildman–Crippen MR) is 66.6 cm³/mol. The van der Waals surface area contributed by atoms with Crippen LogP contribution in [0.5, 0.6) is 0 Å². The molecule has 0 aliphatic heterocycles. The molecule has 1 heterocycles. The Bertz CT molecular complexity index is 299. The lowest BCUT2D eigenvalue weighted by Crippen LogP contribution is -2.16. The molecule has 1 rings (SSSR count). The summed E-state index contributed by atoms with van der Waals surface area (Å²) in [5.41, 5.74) is 2.28. The maximum atomic E-state index is 6.20. The van der Waals surface area contributed by atoms with Gasteiger partial charge in [0.25, 0.3) is 0 Å². The minimum Gasteiger partial charge on any atom is -0.383 e. The van der Waals surface area contributed by atoms with Crippen LogP contribution in [-0.2, 0) is 0 Å². The van der Waals surface area contributed by atoms with Gasteiger partial charge in [-0.3, -0.25) is 4.98 Å². The molecule has 0 radical (unpaired) electrons. The van der Waals surface area contributed by atoms with Crippen molar-refractivity contribution in [1.82, 2.24) is 4.98 Å². The molecule has 0 amide bonds. The number of hydrogen-bond acceptors (Lipinski definition) is 2. The summed E-state index contributed by atoms with van der Waals surface area (Å²) in [7, 11) is 0. The summed E-state index contributed by atoms with van der Waals surface area (Å²) < 4.78 is 0. The van der Waals surface area contributed by atoms with E-state index >= 15 is 0 Å². The summed E-state index contributed by atoms with van der Waals surface area (Å²) in [6.07, 6.45) is 4.69. The number of nitrogens with one attached hydrogen (secondary N) is 1. The SMILES string of the molecule is Cc1cnccc1NCC(Cl)CC(C)C. The van der Waals surface area contributed by atoms with Crippen molar-refractivity contribution < 1.29 is 0 Å². The molecular formula is C12H19ClN2. The summed E-state index contributed by atoms with van der Waals surface area (Å²) >= 11 is 6.20. The lowest BCUT2D eigenvalue weighted by molar-refractivity contribution is 0.572. The van der Waals surface area contributed by atoms with Gasteiger partial charge < -0.3 is 5.32 Å². The molecule has 1 atom stereocenters. The number of alkyl halides is 1. The number of anilines is 1. The summed E-state index contributed by atoms with van der Waals surface area (Å²) in [5.74, 6) is 0.646. The van der Waals surface area contributed by atoms with Crippen molar-refractivity contribution in [3.05, 3.63) is 24.0 Å². The Morgan fingerprint density at radius 2 is 2.20 bits per heavy atom. The van der Waals surface area contributed by atoms with Crippen molar-refractivity contribution in [1.29, 1.82) is 0 Å². The summed E-state index contributed by atoms with van der Waals surface area (Å²) in [5, 5.41) is 3.54. The highest BCUT2D eigenvalue weighted by atomic mass is 35.5. The topological polar surface area (TPSA) is 24.9 Å². The Hall–Kier alpha value is -0.760. The van der Waals surface area contributed by atoms with E-state index in [0.717, 1.165) is 24.2 Å². The van der Waals surface area contributed by atoms with Gasteiger partial charge in [-0.25, -0.2) is 0 Å². The van der Waals surface area contributed by atoms with Crippen molar-refractivity contribution in [2.24, 2.45) is 5.92 Å². The number of hydrogen-bond donors (Lipinski definition) is 1. The minimum atomic E-state index is 0.192. The van der Waals surface area contributed by atoms with Crippen LogP contribution in [0.15, 0.2) is 18.5 Å². The number of pyridine rings is 1. The van der Waals surface area contributed by atoms with Crippen LogP contribution in [0.3, 0.4) is 0 Å². The summed E-state index contributed by atoms with van der Waals surface area (Å²) in [6, 6.07) is 1.98. The van der Waals surface area contributed by atoms with E-state index < -0.39 is 0 Å². The molecule has 0 saturated carbocycles. The highest BCUT2D eigenvalue weighted by molar-refractivity contribution is 6.20. The van der Waals surface area contributed by atoms with Gasteiger partial charge in [0.05, 0.1) is 5.38 Å². The first-order chi connectivity index (χ1) is 7.09. The fraction of sp³-hybridized carbons (Fsp3) is 0.583. The monoisotopic (exact) mass is 226 g/mol. The Labute approximate surface area is 97.1 Å². The molecule has 0 aliphatic carbocycles. The molecular weight excluding hydrogens is 208 g/mol. The smallest absolute Gasteiger partial charge is 0.0511 e. The zero-order chi connectivity index (χ0) is 11.3. The van der Waals surface area contributed by atoms with Gasteiger partial charge in [0.1, 0.15) is 0 Å². The van der Waals surface area contributed by atoms with Gasteiger partial charge in [0.2, 0.25) is 0 Å². The van der Waals surface area contributed by atoms with Gasteiger partial charge in [0, 0.05) is 24.6 Å². The zero-order valence-corrected chi connectivity index (χ0v) is 10.4. The van der Waals surface area contributed by atoms with Gasteiger partial charge in [-0.1, -0.05) is 13.8 Å². The molecule has 84 valence electrons. The first kappa shape index (κ1) is 12.3. The number of halogens is 1. The van der Waals surface area contributed by atoms with E-state index in [1.807, 2.05) is 19.2 Å². The summed E-state index contributed by atoms with van der Waals surface area (Å²) in [6.45, 7) is 7.23. The molecule has 1 unspecified atom stereocenters. The average molecular weight is 227 g/mol. The van der Waals surface area contributed by atoms with E-state index in [1.165, 1.54) is 0 Å². The molecule has 2 nitrogen and oxygen atoms in total. The first-order valence-electron chi connectivity index (χ1n) is 5.38. The molecule has 1 aromatic rings. The normalized spacial score (nSPS) is 12.9. The van der Waals surface area contributed by atoms with Crippen LogP contribution in [0, 0.1) is 12.8 Å². The lowest BCUT2D eigenvalue weighted by atomic mass is 10.1. The predicted octanol–water partition coefficient (Wildman–Crippen LogP) is 3.46. The molecule has 0 aliphatic rings. The second-order valence-corrected chi connectivity index (χ2v) is 4.92. The van der Waals surface area contributed by atoms with Crippen molar-refractivity contribution in [3.63, 3.8) is 0 Å². The molecule has 15 heavy (non-hydrogen) atoms. The van der Waals surface area contributed by atoms with Crippen molar-refractivity contribution in [2.75, 3.05) is 11.9 Å². The first-order valence-corrected chi connectivity index (χ1v) is 5.81. The highest BCUT2D eigenvalue weighted by Gasteiger charge is 2.07. The van der Waals surface area contributed by atoms with Gasteiger partial charge in [-0.05, 0) is 30.9 Å². The van der Waals surface area contributed by atoms with Gasteiger partial charge >= 0.3 is 0 Å². The van der Waals surface area contributed by atoms with Crippen LogP contribution >= 0.6 is 11.6 Å². The number of rotatable bonds is 5. The van der Waals surface area contributed by atoms with Crippen LogP contribution < -0.4 is 5.32 Å². The van der Waals surface area contributed by atoms with E-state index in [9.17, 15) is 0 Å². The quantitative estimate of drug-likeness (QED) is 0.778. The fourth-order valence-electron chi connectivity index (χ4n) is 1.49. The Morgan fingerprint density at radius 3 is 2.80 bits per heavy atom. The Morgan fingerprint density at radius 1 is 1.47 bits per heavy atom. The third-order valence-corrected chi connectivity index (χ3v) is 2.59. The fourth-order valence-corrected chi connectivity index (χ4v) is 1.92. The minimum absolute atomic E-state index is 0.192. The molecule has 0 saturated heterocycles. The molecule has 0 spiro atoms. The van der Waals surface area contributed by atoms with Gasteiger partial charge in [0.15, 0.2) is 0 Å². The van der Waals surface area contributed by atoms with Crippen molar-refractivity contribution >= 4 is 17.3 Å². The Kier molecular flexibility index (Phi) is 4.89. The Balaban J connectivity index is 2.40. The molecule has 0 fully saturated rings. The number of nitrogens with zero attached hydrogens (tertiary/aromatic N) is 1. The maximum absolute atomic E-state index is 6.20. The van der Waals surface area contributed by atoms with Crippen molar-refractivity contribution in [3.8, 4) is 0 Å². The van der Waals surface area contributed by atoms with Crippen LogP contribution in [-0.4, -0.2) is 16.9 Å². The van der Waals surface area contributed by atoms with E-state index in [2.05, 4.69) is 24.1 Å². The van der Waals surface area contributed by atoms with Crippen LogP contribution in [0.1, 0.15) is 25.8 Å². The van der Waals surface area contributed by atoms with Gasteiger partial charge in [-0.15, -0.1) is 11.6 Å². The van der Waals surface area contributed by atoms with E-state index in [0.29, 0.717) is 5.92 Å². The molecule has 1 aromatic heterocycles. The largest absolute Gasteiger partial charge is 0.383 e. The van der Waals surface area contributed by atoms with Gasteiger partial charge in [-0.2, -0.15) is 0 Å². The second kappa shape index (κ2) is 5.96. The molecule has 0 aromatic carbocycles. The summed E-state index contributed by atoms with van der Waals surface area (Å²) in [4.78, 5) is 4.05. The third kappa shape index (κ3) is 4.52. The van der Waals surface area contributed by atoms with Crippen molar-refractivity contribution in [2.45, 2.75) is 32.6 Å². The standard InChI is InChI=1S/C12H19ClN2/c1-9(2)6-11(13)8-15-12-4-5-14-7-10(12)3/h4-5,7,9,11H,6,8H2,1-3H3,(H,14,15). The molecule has 3 heteroatoms. The lowest BCUT2D eigenvalue weighted by Gasteiger charge is -2.14. The average Bonchev–Trinajstić information content (AvgIpc) is 2.15. The third-order valence-electron chi connectivity index (χ3n) is 2.26. The number of aromatic nitrogens is 1. The van der Waals surface area contributed by atoms with Crippen LogP contribution in [0.4, 0.5) is 5.69 Å². The van der Waals surface area contributed by atoms with Crippen LogP contribution in [0.2, 0.25) is 0 Å². The zero-order valence-electron chi connectivity index (χ0n) is 9.63. The number of aryl methyl sites for hydroxylation is 1. The van der Waals surface area contributed by atoms with Crippen LogP contribution in [0.25, 0.3) is 0 Å². The molecule has 0 bridgehead atoms. The second-order valence-electron chi connectivity index (χ2n) is 4.30. The van der Waals surface area contributed by atoms with E-state index in [-0.39, 0.29) is 5.38 Å². The van der Waals surface area contributed by atoms with E-state index in [4.69, 9.17) is 11.6 Å². The highest BCUT2D eigenvalue weighted by Crippen LogP contribution is 2.15. The molecule has 1 N–H and O–H groups in total. The van der Waals surface area contributed by atoms with E-state index in [1.54, 1.807) is 6.20 Å². The maximum Gasteiger partial charge on any atom is 0.0511 e.